The van der Waals surface area contributed by atoms with E-state index in [4.69, 9.17) is 0 Å². The molecule has 0 saturated heterocycles. The number of hydrogen-bond donors (Lipinski definition) is 1. The molecule has 3 nitrogen and oxygen atoms in total. The molecule has 1 N–H and O–H groups in total. The van der Waals surface area contributed by atoms with E-state index in [1.54, 1.807) is 31.1 Å². The summed E-state index contributed by atoms with van der Waals surface area (Å²) in [4.78, 5) is 13.2. The minimum atomic E-state index is -4.39. The van der Waals surface area contributed by atoms with Gasteiger partial charge in [-0.3, -0.25) is 4.79 Å². The molecule has 0 aliphatic heterocycles. The molecule has 0 fully saturated rings. The highest BCUT2D eigenvalue weighted by Gasteiger charge is 2.27. The summed E-state index contributed by atoms with van der Waals surface area (Å²) in [5, 5.41) is 1.82. The zero-order valence-corrected chi connectivity index (χ0v) is 9.51. The highest BCUT2D eigenvalue weighted by Crippen LogP contribution is 2.15. The highest BCUT2D eigenvalue weighted by atomic mass is 19.4. The van der Waals surface area contributed by atoms with Gasteiger partial charge < -0.3 is 10.2 Å². The molecule has 0 aromatic heterocycles. The van der Waals surface area contributed by atoms with Crippen molar-refractivity contribution in [3.05, 3.63) is 29.8 Å². The third-order valence-electron chi connectivity index (χ3n) is 2.07. The Labute approximate surface area is 97.2 Å². The Morgan fingerprint density at radius 1 is 1.35 bits per heavy atom. The van der Waals surface area contributed by atoms with Crippen molar-refractivity contribution in [3.63, 3.8) is 0 Å². The Bertz CT molecular complexity index is 402. The van der Waals surface area contributed by atoms with Crippen LogP contribution in [0.3, 0.4) is 0 Å². The van der Waals surface area contributed by atoms with Gasteiger partial charge in [-0.1, -0.05) is 6.07 Å². The molecule has 94 valence electrons. The molecule has 0 heterocycles. The number of anilines is 1. The second kappa shape index (κ2) is 5.07. The van der Waals surface area contributed by atoms with Gasteiger partial charge in [-0.25, -0.2) is 0 Å². The Morgan fingerprint density at radius 3 is 2.53 bits per heavy atom. The number of hydrogen-bond acceptors (Lipinski definition) is 2. The predicted octanol–water partition coefficient (Wildman–Crippen LogP) is 2.04. The minimum absolute atomic E-state index is 0.209. The van der Waals surface area contributed by atoms with Gasteiger partial charge in [0.1, 0.15) is 6.54 Å². The molecule has 1 aromatic carbocycles. The Balaban J connectivity index is 2.72. The number of amides is 1. The smallest absolute Gasteiger partial charge is 0.378 e. The summed E-state index contributed by atoms with van der Waals surface area (Å²) in [6, 6.07) is 6.39. The molecule has 0 spiro atoms. The van der Waals surface area contributed by atoms with Crippen molar-refractivity contribution in [1.29, 1.82) is 0 Å². The van der Waals surface area contributed by atoms with Crippen LogP contribution in [0.5, 0.6) is 0 Å². The molecule has 6 heteroatoms. The zero-order chi connectivity index (χ0) is 13.1. The number of nitrogens with one attached hydrogen (secondary N) is 1. The Kier molecular flexibility index (Phi) is 3.98. The molecule has 0 aliphatic carbocycles. The molecule has 1 amide bonds. The van der Waals surface area contributed by atoms with E-state index in [2.05, 4.69) is 0 Å². The van der Waals surface area contributed by atoms with E-state index >= 15 is 0 Å². The fraction of sp³-hybridized carbons (Fsp3) is 0.364. The van der Waals surface area contributed by atoms with Gasteiger partial charge in [-0.15, -0.1) is 0 Å². The van der Waals surface area contributed by atoms with E-state index < -0.39 is 18.6 Å². The molecule has 1 rings (SSSR count). The largest absolute Gasteiger partial charge is 0.405 e. The maximum absolute atomic E-state index is 11.9. The van der Waals surface area contributed by atoms with Crippen molar-refractivity contribution in [2.45, 2.75) is 6.18 Å². The fourth-order valence-corrected chi connectivity index (χ4v) is 1.21. The zero-order valence-electron chi connectivity index (χ0n) is 9.51. The number of nitrogens with zero attached hydrogens (tertiary/aromatic N) is 1. The van der Waals surface area contributed by atoms with Crippen LogP contribution in [0.1, 0.15) is 10.4 Å². The Morgan fingerprint density at radius 2 is 2.00 bits per heavy atom. The van der Waals surface area contributed by atoms with Gasteiger partial charge in [0.25, 0.3) is 5.91 Å². The standard InChI is InChI=1S/C11H13F3N2O/c1-16(2)9-5-3-4-8(6-9)10(17)15-7-11(12,13)14/h3-6H,7H2,1-2H3,(H,15,17). The monoisotopic (exact) mass is 246 g/mol. The van der Waals surface area contributed by atoms with Crippen LogP contribution in [0.15, 0.2) is 24.3 Å². The molecule has 0 saturated carbocycles. The molecule has 0 aliphatic rings. The summed E-state index contributed by atoms with van der Waals surface area (Å²) in [7, 11) is 3.57. The maximum Gasteiger partial charge on any atom is 0.405 e. The number of rotatable bonds is 3. The summed E-state index contributed by atoms with van der Waals surface area (Å²) >= 11 is 0. The summed E-state index contributed by atoms with van der Waals surface area (Å²) < 4.78 is 35.7. The Hall–Kier alpha value is -1.72. The van der Waals surface area contributed by atoms with Crippen LogP contribution in [0.25, 0.3) is 0 Å². The normalized spacial score (nSPS) is 11.1. The number of alkyl halides is 3. The molecule has 1 aromatic rings. The second-order valence-electron chi connectivity index (χ2n) is 3.74. The first-order chi connectivity index (χ1) is 7.79. The van der Waals surface area contributed by atoms with Gasteiger partial charge in [0.15, 0.2) is 0 Å². The van der Waals surface area contributed by atoms with Crippen LogP contribution < -0.4 is 10.2 Å². The molecule has 0 atom stereocenters. The van der Waals surface area contributed by atoms with E-state index in [1.807, 2.05) is 5.32 Å². The number of benzene rings is 1. The third kappa shape index (κ3) is 4.34. The summed E-state index contributed by atoms with van der Waals surface area (Å²) in [6.45, 7) is -1.32. The van der Waals surface area contributed by atoms with Gasteiger partial charge in [0.05, 0.1) is 0 Å². The molecule has 0 bridgehead atoms. The van der Waals surface area contributed by atoms with Crippen molar-refractivity contribution < 1.29 is 18.0 Å². The molecular formula is C11H13F3N2O. The topological polar surface area (TPSA) is 32.3 Å². The van der Waals surface area contributed by atoms with E-state index in [-0.39, 0.29) is 5.56 Å². The van der Waals surface area contributed by atoms with Crippen molar-refractivity contribution in [2.75, 3.05) is 25.5 Å². The van der Waals surface area contributed by atoms with Gasteiger partial charge in [-0.05, 0) is 18.2 Å². The van der Waals surface area contributed by atoms with Crippen LogP contribution in [0.2, 0.25) is 0 Å². The molecule has 0 unspecified atom stereocenters. The highest BCUT2D eigenvalue weighted by molar-refractivity contribution is 5.95. The van der Waals surface area contributed by atoms with Crippen molar-refractivity contribution in [1.82, 2.24) is 5.32 Å². The average molecular weight is 246 g/mol. The average Bonchev–Trinajstić information content (AvgIpc) is 2.25. The lowest BCUT2D eigenvalue weighted by Crippen LogP contribution is -2.33. The lowest BCUT2D eigenvalue weighted by Gasteiger charge is -2.14. The van der Waals surface area contributed by atoms with Crippen LogP contribution in [-0.2, 0) is 0 Å². The lowest BCUT2D eigenvalue weighted by atomic mass is 10.2. The second-order valence-corrected chi connectivity index (χ2v) is 3.74. The minimum Gasteiger partial charge on any atom is -0.378 e. The van der Waals surface area contributed by atoms with Gasteiger partial charge in [-0.2, -0.15) is 13.2 Å². The SMILES string of the molecule is CN(C)c1cccc(C(=O)NCC(F)(F)F)c1. The summed E-state index contributed by atoms with van der Waals surface area (Å²) in [6.07, 6.45) is -4.39. The third-order valence-corrected chi connectivity index (χ3v) is 2.07. The molecule has 0 radical (unpaired) electrons. The lowest BCUT2D eigenvalue weighted by molar-refractivity contribution is -0.123. The van der Waals surface area contributed by atoms with Crippen LogP contribution >= 0.6 is 0 Å². The van der Waals surface area contributed by atoms with Gasteiger partial charge in [0, 0.05) is 25.3 Å². The number of carbonyl (C=O) groups is 1. The summed E-state index contributed by atoms with van der Waals surface area (Å²) in [5.41, 5.74) is 0.963. The number of carbonyl (C=O) groups excluding carboxylic acids is 1. The van der Waals surface area contributed by atoms with Crippen LogP contribution in [-0.4, -0.2) is 32.7 Å². The van der Waals surface area contributed by atoms with E-state index in [9.17, 15) is 18.0 Å². The van der Waals surface area contributed by atoms with Crippen molar-refractivity contribution >= 4 is 11.6 Å². The summed E-state index contributed by atoms with van der Waals surface area (Å²) in [5.74, 6) is -0.731. The van der Waals surface area contributed by atoms with Gasteiger partial charge in [0.2, 0.25) is 0 Å². The first kappa shape index (κ1) is 13.3. The quantitative estimate of drug-likeness (QED) is 0.885. The van der Waals surface area contributed by atoms with Crippen LogP contribution in [0.4, 0.5) is 18.9 Å². The van der Waals surface area contributed by atoms with Crippen molar-refractivity contribution in [3.8, 4) is 0 Å². The van der Waals surface area contributed by atoms with E-state index in [0.29, 0.717) is 0 Å². The van der Waals surface area contributed by atoms with E-state index in [0.717, 1.165) is 5.69 Å². The first-order valence-electron chi connectivity index (χ1n) is 4.92. The fourth-order valence-electron chi connectivity index (χ4n) is 1.21. The number of halogens is 3. The first-order valence-corrected chi connectivity index (χ1v) is 4.92. The molecule has 17 heavy (non-hydrogen) atoms. The van der Waals surface area contributed by atoms with Gasteiger partial charge >= 0.3 is 6.18 Å². The maximum atomic E-state index is 11.9. The molecular weight excluding hydrogens is 233 g/mol. The van der Waals surface area contributed by atoms with E-state index in [1.165, 1.54) is 12.1 Å². The predicted molar refractivity (Wildman–Crippen MR) is 59.2 cm³/mol. The van der Waals surface area contributed by atoms with Crippen molar-refractivity contribution in [2.24, 2.45) is 0 Å². The van der Waals surface area contributed by atoms with Crippen LogP contribution in [0, 0.1) is 0 Å².